The lowest BCUT2D eigenvalue weighted by Crippen LogP contribution is -2.43. The summed E-state index contributed by atoms with van der Waals surface area (Å²) in [6, 6.07) is 0.449. The second-order valence-electron chi connectivity index (χ2n) is 4.09. The van der Waals surface area contributed by atoms with E-state index in [0.29, 0.717) is 0 Å². The summed E-state index contributed by atoms with van der Waals surface area (Å²) in [6.07, 6.45) is -0.497. The van der Waals surface area contributed by atoms with Crippen LogP contribution in [-0.2, 0) is 9.59 Å². The van der Waals surface area contributed by atoms with Gasteiger partial charge in [-0.2, -0.15) is 0 Å². The molecule has 0 aromatic heterocycles. The van der Waals surface area contributed by atoms with Crippen LogP contribution in [0.4, 0.5) is 19.3 Å². The Hall–Kier alpha value is -2.71. The maximum absolute atomic E-state index is 13.3. The molecular weight excluding hydrogens is 288 g/mol. The van der Waals surface area contributed by atoms with Crippen LogP contribution in [0.15, 0.2) is 18.2 Å². The summed E-state index contributed by atoms with van der Waals surface area (Å²) >= 11 is 0. The number of carbonyl (C=O) groups excluding carboxylic acids is 2. The Kier molecular flexibility index (Phi) is 5.58. The molecule has 0 heterocycles. The van der Waals surface area contributed by atoms with E-state index in [9.17, 15) is 23.2 Å². The van der Waals surface area contributed by atoms with Crippen molar-refractivity contribution in [3.05, 3.63) is 29.8 Å². The summed E-state index contributed by atoms with van der Waals surface area (Å²) in [5.74, 6) is -4.15. The number of nitrogens with one attached hydrogen (secondary N) is 2. The highest BCUT2D eigenvalue weighted by molar-refractivity contribution is 5.92. The Labute approximate surface area is 118 Å². The van der Waals surface area contributed by atoms with Gasteiger partial charge in [0.05, 0.1) is 0 Å². The first-order valence-corrected chi connectivity index (χ1v) is 5.84. The Bertz CT molecular complexity index is 545. The molecule has 0 unspecified atom stereocenters. The third kappa shape index (κ3) is 5.05. The van der Waals surface area contributed by atoms with E-state index in [1.165, 1.54) is 0 Å². The lowest BCUT2D eigenvalue weighted by Gasteiger charge is -2.15. The molecule has 0 spiro atoms. The third-order valence-corrected chi connectivity index (χ3v) is 2.48. The van der Waals surface area contributed by atoms with E-state index in [0.717, 1.165) is 18.2 Å². The third-order valence-electron chi connectivity index (χ3n) is 2.48. The average Bonchev–Trinajstić information content (AvgIpc) is 2.38. The van der Waals surface area contributed by atoms with Crippen molar-refractivity contribution in [3.63, 3.8) is 0 Å². The summed E-state index contributed by atoms with van der Waals surface area (Å²) in [6.45, 7) is 0. The van der Waals surface area contributed by atoms with E-state index in [1.54, 1.807) is 0 Å². The number of urea groups is 1. The van der Waals surface area contributed by atoms with Crippen molar-refractivity contribution in [2.45, 2.75) is 18.9 Å². The SMILES string of the molecule is NC(=O)CC[C@@H](NC(=O)Nc1c(F)cccc1F)C(=O)O. The molecular formula is C12H13F2N3O4. The first-order valence-electron chi connectivity index (χ1n) is 5.84. The molecule has 114 valence electrons. The van der Waals surface area contributed by atoms with Crippen molar-refractivity contribution in [3.8, 4) is 0 Å². The van der Waals surface area contributed by atoms with Gasteiger partial charge in [-0.3, -0.25) is 4.79 Å². The zero-order valence-electron chi connectivity index (χ0n) is 10.7. The lowest BCUT2D eigenvalue weighted by molar-refractivity contribution is -0.139. The predicted molar refractivity (Wildman–Crippen MR) is 68.4 cm³/mol. The van der Waals surface area contributed by atoms with Gasteiger partial charge in [0.25, 0.3) is 0 Å². The Balaban J connectivity index is 2.70. The van der Waals surface area contributed by atoms with Crippen LogP contribution in [0.1, 0.15) is 12.8 Å². The fraction of sp³-hybridized carbons (Fsp3) is 0.250. The average molecular weight is 301 g/mol. The number of hydrogen-bond donors (Lipinski definition) is 4. The Morgan fingerprint density at radius 3 is 2.29 bits per heavy atom. The number of carbonyl (C=O) groups is 3. The van der Waals surface area contributed by atoms with Crippen molar-refractivity contribution in [1.29, 1.82) is 0 Å². The number of aliphatic carboxylic acids is 1. The number of nitrogens with two attached hydrogens (primary N) is 1. The monoisotopic (exact) mass is 301 g/mol. The van der Waals surface area contributed by atoms with E-state index >= 15 is 0 Å². The van der Waals surface area contributed by atoms with Gasteiger partial charge in [0.15, 0.2) is 0 Å². The van der Waals surface area contributed by atoms with Crippen LogP contribution in [0, 0.1) is 11.6 Å². The number of benzene rings is 1. The number of carboxylic acids is 1. The topological polar surface area (TPSA) is 122 Å². The van der Waals surface area contributed by atoms with Crippen LogP contribution < -0.4 is 16.4 Å². The van der Waals surface area contributed by atoms with Crippen LogP contribution in [0.5, 0.6) is 0 Å². The lowest BCUT2D eigenvalue weighted by atomic mass is 10.1. The molecule has 0 aliphatic rings. The van der Waals surface area contributed by atoms with Gasteiger partial charge in [-0.1, -0.05) is 6.07 Å². The number of rotatable bonds is 6. The van der Waals surface area contributed by atoms with Crippen LogP contribution in [-0.4, -0.2) is 29.1 Å². The molecule has 9 heteroatoms. The van der Waals surface area contributed by atoms with Gasteiger partial charge < -0.3 is 21.5 Å². The van der Waals surface area contributed by atoms with Gasteiger partial charge >= 0.3 is 12.0 Å². The molecule has 7 nitrogen and oxygen atoms in total. The van der Waals surface area contributed by atoms with Crippen molar-refractivity contribution in [1.82, 2.24) is 5.32 Å². The molecule has 0 saturated heterocycles. The minimum absolute atomic E-state index is 0.238. The van der Waals surface area contributed by atoms with Crippen molar-refractivity contribution >= 4 is 23.6 Å². The number of amides is 3. The molecule has 1 aromatic rings. The summed E-state index contributed by atoms with van der Waals surface area (Å²) in [7, 11) is 0. The molecule has 1 aromatic carbocycles. The first kappa shape index (κ1) is 16.3. The van der Waals surface area contributed by atoms with Crippen LogP contribution in [0.3, 0.4) is 0 Å². The van der Waals surface area contributed by atoms with Crippen LogP contribution in [0.2, 0.25) is 0 Å². The number of para-hydroxylation sites is 1. The smallest absolute Gasteiger partial charge is 0.326 e. The van der Waals surface area contributed by atoms with Crippen molar-refractivity contribution < 1.29 is 28.3 Å². The Morgan fingerprint density at radius 1 is 1.24 bits per heavy atom. The quantitative estimate of drug-likeness (QED) is 0.621. The van der Waals surface area contributed by atoms with E-state index in [2.05, 4.69) is 0 Å². The first-order chi connectivity index (χ1) is 9.81. The minimum atomic E-state index is -1.41. The zero-order chi connectivity index (χ0) is 16.0. The zero-order valence-corrected chi connectivity index (χ0v) is 10.7. The predicted octanol–water partition coefficient (Wildman–Crippen LogP) is 0.805. The molecule has 0 fully saturated rings. The fourth-order valence-corrected chi connectivity index (χ4v) is 1.47. The Morgan fingerprint density at radius 2 is 1.81 bits per heavy atom. The van der Waals surface area contributed by atoms with E-state index in [4.69, 9.17) is 10.8 Å². The van der Waals surface area contributed by atoms with Gasteiger partial charge in [-0.25, -0.2) is 18.4 Å². The van der Waals surface area contributed by atoms with Crippen molar-refractivity contribution in [2.24, 2.45) is 5.73 Å². The molecule has 3 amide bonds. The standard InChI is InChI=1S/C12H13F2N3O4/c13-6-2-1-3-7(14)10(6)17-12(21)16-8(11(19)20)4-5-9(15)18/h1-3,8H,4-5H2,(H2,15,18)(H,19,20)(H2,16,17,21)/t8-/m1/s1. The highest BCUT2D eigenvalue weighted by atomic mass is 19.1. The number of carboxylic acid groups (broad SMARTS) is 1. The maximum Gasteiger partial charge on any atom is 0.326 e. The van der Waals surface area contributed by atoms with Crippen LogP contribution in [0.25, 0.3) is 0 Å². The molecule has 0 bridgehead atoms. The molecule has 0 aliphatic carbocycles. The van der Waals surface area contributed by atoms with Crippen LogP contribution >= 0.6 is 0 Å². The van der Waals surface area contributed by atoms with Gasteiger partial charge in [0.2, 0.25) is 5.91 Å². The summed E-state index contributed by atoms with van der Waals surface area (Å²) in [5, 5.41) is 12.7. The van der Waals surface area contributed by atoms with Gasteiger partial charge in [-0.05, 0) is 18.6 Å². The van der Waals surface area contributed by atoms with Gasteiger partial charge in [0, 0.05) is 6.42 Å². The molecule has 1 rings (SSSR count). The second kappa shape index (κ2) is 7.17. The molecule has 0 radical (unpaired) electrons. The number of hydrogen-bond acceptors (Lipinski definition) is 3. The van der Waals surface area contributed by atoms with Gasteiger partial charge in [-0.15, -0.1) is 0 Å². The number of halogens is 2. The van der Waals surface area contributed by atoms with E-state index in [-0.39, 0.29) is 12.8 Å². The minimum Gasteiger partial charge on any atom is -0.480 e. The van der Waals surface area contributed by atoms with E-state index < -0.39 is 41.3 Å². The fourth-order valence-electron chi connectivity index (χ4n) is 1.47. The molecule has 5 N–H and O–H groups in total. The molecule has 0 saturated carbocycles. The number of primary amides is 1. The maximum atomic E-state index is 13.3. The van der Waals surface area contributed by atoms with E-state index in [1.807, 2.05) is 10.6 Å². The normalized spacial score (nSPS) is 11.5. The number of anilines is 1. The van der Waals surface area contributed by atoms with Crippen molar-refractivity contribution in [2.75, 3.05) is 5.32 Å². The highest BCUT2D eigenvalue weighted by Crippen LogP contribution is 2.17. The summed E-state index contributed by atoms with van der Waals surface area (Å²) in [5.41, 5.74) is 4.18. The highest BCUT2D eigenvalue weighted by Gasteiger charge is 2.21. The largest absolute Gasteiger partial charge is 0.480 e. The van der Waals surface area contributed by atoms with Gasteiger partial charge in [0.1, 0.15) is 23.4 Å². The molecule has 0 aliphatic heterocycles. The second-order valence-corrected chi connectivity index (χ2v) is 4.09. The summed E-state index contributed by atoms with van der Waals surface area (Å²) < 4.78 is 26.6. The molecule has 21 heavy (non-hydrogen) atoms. The summed E-state index contributed by atoms with van der Waals surface area (Å²) in [4.78, 5) is 33.0. The molecule has 1 atom stereocenters.